The standard InChI is InChI=1S/C9H15N3O2/c1-2-12-6-8(5-11-12)9(13)7-14-4-3-10/h5-6H,2-4,7,10H2,1H3. The lowest BCUT2D eigenvalue weighted by Crippen LogP contribution is -2.14. The largest absolute Gasteiger partial charge is 0.372 e. The van der Waals surface area contributed by atoms with Crippen LogP contribution in [0.3, 0.4) is 0 Å². The van der Waals surface area contributed by atoms with Crippen molar-refractivity contribution in [3.63, 3.8) is 0 Å². The molecule has 0 bridgehead atoms. The quantitative estimate of drug-likeness (QED) is 0.517. The van der Waals surface area contributed by atoms with Crippen molar-refractivity contribution in [2.75, 3.05) is 19.8 Å². The third kappa shape index (κ3) is 2.93. The van der Waals surface area contributed by atoms with Gasteiger partial charge in [-0.3, -0.25) is 9.48 Å². The van der Waals surface area contributed by atoms with Gasteiger partial charge in [0, 0.05) is 19.3 Å². The molecule has 78 valence electrons. The van der Waals surface area contributed by atoms with Gasteiger partial charge in [-0.1, -0.05) is 0 Å². The topological polar surface area (TPSA) is 70.1 Å². The van der Waals surface area contributed by atoms with E-state index in [1.54, 1.807) is 17.1 Å². The number of ether oxygens (including phenoxy) is 1. The highest BCUT2D eigenvalue weighted by Crippen LogP contribution is 1.99. The second kappa shape index (κ2) is 5.51. The Labute approximate surface area is 82.8 Å². The molecule has 5 nitrogen and oxygen atoms in total. The van der Waals surface area contributed by atoms with Crippen LogP contribution in [-0.2, 0) is 11.3 Å². The van der Waals surface area contributed by atoms with Crippen LogP contribution in [0.4, 0.5) is 0 Å². The first kappa shape index (κ1) is 10.9. The molecule has 5 heteroatoms. The molecule has 0 saturated heterocycles. The van der Waals surface area contributed by atoms with Gasteiger partial charge >= 0.3 is 0 Å². The summed E-state index contributed by atoms with van der Waals surface area (Å²) in [6, 6.07) is 0. The summed E-state index contributed by atoms with van der Waals surface area (Å²) in [5, 5.41) is 4.00. The van der Waals surface area contributed by atoms with Gasteiger partial charge in [0.1, 0.15) is 6.61 Å². The highest BCUT2D eigenvalue weighted by molar-refractivity contribution is 5.96. The first-order valence-electron chi connectivity index (χ1n) is 4.61. The van der Waals surface area contributed by atoms with Crippen LogP contribution < -0.4 is 5.73 Å². The summed E-state index contributed by atoms with van der Waals surface area (Å²) in [4.78, 5) is 11.4. The van der Waals surface area contributed by atoms with Gasteiger partial charge in [0.2, 0.25) is 0 Å². The van der Waals surface area contributed by atoms with Crippen LogP contribution in [0.25, 0.3) is 0 Å². The molecule has 1 rings (SSSR count). The molecule has 0 aliphatic rings. The van der Waals surface area contributed by atoms with E-state index in [1.165, 1.54) is 0 Å². The molecule has 1 aromatic rings. The first-order valence-corrected chi connectivity index (χ1v) is 4.61. The van der Waals surface area contributed by atoms with Crippen LogP contribution in [0, 0.1) is 0 Å². The lowest BCUT2D eigenvalue weighted by atomic mass is 10.2. The van der Waals surface area contributed by atoms with Gasteiger partial charge in [-0.15, -0.1) is 0 Å². The fourth-order valence-corrected chi connectivity index (χ4v) is 1.01. The number of carbonyl (C=O) groups is 1. The van der Waals surface area contributed by atoms with Crippen molar-refractivity contribution in [3.05, 3.63) is 18.0 Å². The minimum absolute atomic E-state index is 0.0573. The maximum Gasteiger partial charge on any atom is 0.191 e. The highest BCUT2D eigenvalue weighted by Gasteiger charge is 2.07. The summed E-state index contributed by atoms with van der Waals surface area (Å²) in [6.45, 7) is 3.64. The van der Waals surface area contributed by atoms with E-state index in [4.69, 9.17) is 10.5 Å². The molecular formula is C9H15N3O2. The maximum atomic E-state index is 11.4. The normalized spacial score (nSPS) is 10.4. The zero-order chi connectivity index (χ0) is 10.4. The Kier molecular flexibility index (Phi) is 4.28. The minimum Gasteiger partial charge on any atom is -0.372 e. The van der Waals surface area contributed by atoms with E-state index >= 15 is 0 Å². The monoisotopic (exact) mass is 197 g/mol. The van der Waals surface area contributed by atoms with Gasteiger partial charge in [-0.05, 0) is 6.92 Å². The zero-order valence-corrected chi connectivity index (χ0v) is 8.27. The van der Waals surface area contributed by atoms with Crippen LogP contribution in [0.1, 0.15) is 17.3 Å². The second-order valence-electron chi connectivity index (χ2n) is 2.85. The molecule has 0 aliphatic carbocycles. The Morgan fingerprint density at radius 3 is 3.07 bits per heavy atom. The van der Waals surface area contributed by atoms with Gasteiger partial charge in [0.05, 0.1) is 18.4 Å². The highest BCUT2D eigenvalue weighted by atomic mass is 16.5. The van der Waals surface area contributed by atoms with Crippen molar-refractivity contribution in [1.82, 2.24) is 9.78 Å². The first-order chi connectivity index (χ1) is 6.77. The van der Waals surface area contributed by atoms with E-state index < -0.39 is 0 Å². The molecule has 0 saturated carbocycles. The molecule has 1 aromatic heterocycles. The summed E-state index contributed by atoms with van der Waals surface area (Å²) in [5.41, 5.74) is 5.81. The number of carbonyl (C=O) groups excluding carboxylic acids is 1. The van der Waals surface area contributed by atoms with Gasteiger partial charge in [0.25, 0.3) is 0 Å². The lowest BCUT2D eigenvalue weighted by Gasteiger charge is -1.98. The number of nitrogens with two attached hydrogens (primary N) is 1. The molecule has 0 radical (unpaired) electrons. The molecule has 0 atom stereocenters. The molecule has 0 unspecified atom stereocenters. The summed E-state index contributed by atoms with van der Waals surface area (Å²) in [5.74, 6) is -0.0573. The molecule has 0 spiro atoms. The smallest absolute Gasteiger partial charge is 0.191 e. The van der Waals surface area contributed by atoms with Crippen LogP contribution in [-0.4, -0.2) is 35.3 Å². The maximum absolute atomic E-state index is 11.4. The van der Waals surface area contributed by atoms with Crippen LogP contribution in [0.15, 0.2) is 12.4 Å². The summed E-state index contributed by atoms with van der Waals surface area (Å²) < 4.78 is 6.73. The fraction of sp³-hybridized carbons (Fsp3) is 0.556. The van der Waals surface area contributed by atoms with Gasteiger partial charge in [-0.25, -0.2) is 0 Å². The van der Waals surface area contributed by atoms with E-state index in [2.05, 4.69) is 5.10 Å². The van der Waals surface area contributed by atoms with Crippen molar-refractivity contribution in [3.8, 4) is 0 Å². The Hall–Kier alpha value is -1.20. The number of hydrogen-bond donors (Lipinski definition) is 1. The molecule has 2 N–H and O–H groups in total. The number of aryl methyl sites for hydroxylation is 1. The Bertz CT molecular complexity index is 296. The molecule has 0 fully saturated rings. The molecule has 1 heterocycles. The van der Waals surface area contributed by atoms with E-state index in [-0.39, 0.29) is 12.4 Å². The van der Waals surface area contributed by atoms with Crippen LogP contribution in [0.2, 0.25) is 0 Å². The molecule has 0 aliphatic heterocycles. The van der Waals surface area contributed by atoms with Gasteiger partial charge in [-0.2, -0.15) is 5.10 Å². The van der Waals surface area contributed by atoms with E-state index in [9.17, 15) is 4.79 Å². The van der Waals surface area contributed by atoms with E-state index in [0.29, 0.717) is 18.7 Å². The number of aromatic nitrogens is 2. The molecule has 0 aromatic carbocycles. The van der Waals surface area contributed by atoms with Crippen molar-refractivity contribution in [2.24, 2.45) is 5.73 Å². The molecule has 14 heavy (non-hydrogen) atoms. The van der Waals surface area contributed by atoms with Crippen molar-refractivity contribution in [1.29, 1.82) is 0 Å². The third-order valence-electron chi connectivity index (χ3n) is 1.77. The number of hydrogen-bond acceptors (Lipinski definition) is 4. The van der Waals surface area contributed by atoms with Crippen LogP contribution >= 0.6 is 0 Å². The van der Waals surface area contributed by atoms with E-state index in [1.807, 2.05) is 6.92 Å². The lowest BCUT2D eigenvalue weighted by molar-refractivity contribution is 0.0774. The van der Waals surface area contributed by atoms with Gasteiger partial charge in [0.15, 0.2) is 5.78 Å². The van der Waals surface area contributed by atoms with Gasteiger partial charge < -0.3 is 10.5 Å². The molecule has 0 amide bonds. The average molecular weight is 197 g/mol. The van der Waals surface area contributed by atoms with Crippen molar-refractivity contribution < 1.29 is 9.53 Å². The Morgan fingerprint density at radius 1 is 1.71 bits per heavy atom. The number of ketones is 1. The summed E-state index contributed by atoms with van der Waals surface area (Å²) in [7, 11) is 0. The SMILES string of the molecule is CCn1cc(C(=O)COCCN)cn1. The van der Waals surface area contributed by atoms with E-state index in [0.717, 1.165) is 6.54 Å². The predicted molar refractivity (Wildman–Crippen MR) is 52.1 cm³/mol. The van der Waals surface area contributed by atoms with Crippen LogP contribution in [0.5, 0.6) is 0 Å². The Balaban J connectivity index is 2.44. The van der Waals surface area contributed by atoms with Crippen molar-refractivity contribution >= 4 is 5.78 Å². The fourth-order valence-electron chi connectivity index (χ4n) is 1.01. The zero-order valence-electron chi connectivity index (χ0n) is 8.27. The number of Topliss-reactive ketones (excluding diaryl/α,β-unsaturated/α-hetero) is 1. The second-order valence-corrected chi connectivity index (χ2v) is 2.85. The van der Waals surface area contributed by atoms with Crippen molar-refractivity contribution in [2.45, 2.75) is 13.5 Å². The predicted octanol–water partition coefficient (Wildman–Crippen LogP) is 0.0610. The number of nitrogens with zero attached hydrogens (tertiary/aromatic N) is 2. The average Bonchev–Trinajstić information content (AvgIpc) is 2.66. The number of rotatable bonds is 6. The Morgan fingerprint density at radius 2 is 2.50 bits per heavy atom. The summed E-state index contributed by atoms with van der Waals surface area (Å²) in [6.07, 6.45) is 3.27. The minimum atomic E-state index is -0.0573. The third-order valence-corrected chi connectivity index (χ3v) is 1.77. The molecular weight excluding hydrogens is 182 g/mol. The summed E-state index contributed by atoms with van der Waals surface area (Å²) >= 11 is 0.